The van der Waals surface area contributed by atoms with Crippen LogP contribution in [0.5, 0.6) is 5.75 Å². The molecule has 8 nitrogen and oxygen atoms in total. The minimum atomic E-state index is -0.464. The molecule has 11 heteroatoms. The van der Waals surface area contributed by atoms with Gasteiger partial charge in [-0.15, -0.1) is 16.8 Å². The maximum absolute atomic E-state index is 13.0. The summed E-state index contributed by atoms with van der Waals surface area (Å²) in [5.41, 5.74) is 0.895. The van der Waals surface area contributed by atoms with E-state index < -0.39 is 6.04 Å². The molecule has 0 aliphatic carbocycles. The summed E-state index contributed by atoms with van der Waals surface area (Å²) in [4.78, 5) is 25.6. The number of halogens is 2. The molecule has 0 bridgehead atoms. The Labute approximate surface area is 224 Å². The second-order valence-corrected chi connectivity index (χ2v) is 9.88. The molecule has 0 fully saturated rings. The van der Waals surface area contributed by atoms with E-state index in [1.165, 1.54) is 17.8 Å². The Kier molecular flexibility index (Phi) is 9.81. The lowest BCUT2D eigenvalue weighted by atomic mass is 10.0. The number of thioether (sulfide) groups is 1. The predicted molar refractivity (Wildman–Crippen MR) is 144 cm³/mol. The third-order valence-electron chi connectivity index (χ3n) is 5.18. The molecule has 0 spiro atoms. The maximum atomic E-state index is 13.0. The van der Waals surface area contributed by atoms with Crippen LogP contribution in [0.2, 0.25) is 10.0 Å². The molecule has 0 aliphatic rings. The van der Waals surface area contributed by atoms with Gasteiger partial charge in [-0.3, -0.25) is 9.59 Å². The van der Waals surface area contributed by atoms with Crippen molar-refractivity contribution >= 4 is 52.5 Å². The van der Waals surface area contributed by atoms with Crippen LogP contribution in [0.25, 0.3) is 0 Å². The molecular weight excluding hydrogens is 521 g/mol. The number of allylic oxidation sites excluding steroid dienone is 1. The number of nitrogens with one attached hydrogen (secondary N) is 2. The average Bonchev–Trinajstić information content (AvgIpc) is 3.23. The number of carbonyl (C=O) groups excluding carboxylic acids is 2. The largest absolute Gasteiger partial charge is 0.495 e. The highest BCUT2D eigenvalue weighted by Gasteiger charge is 2.27. The molecule has 0 aliphatic heterocycles. The quantitative estimate of drug-likeness (QED) is 0.238. The Morgan fingerprint density at radius 1 is 1.19 bits per heavy atom. The summed E-state index contributed by atoms with van der Waals surface area (Å²) in [5.74, 6) is 0.644. The van der Waals surface area contributed by atoms with Crippen molar-refractivity contribution in [2.45, 2.75) is 31.6 Å². The highest BCUT2D eigenvalue weighted by molar-refractivity contribution is 7.99. The first-order valence-electron chi connectivity index (χ1n) is 11.1. The number of methoxy groups -OCH3 is 1. The highest BCUT2D eigenvalue weighted by atomic mass is 35.5. The first-order chi connectivity index (χ1) is 17.2. The number of benzene rings is 2. The maximum Gasteiger partial charge on any atom is 0.253 e. The van der Waals surface area contributed by atoms with Crippen LogP contribution in [0.15, 0.2) is 60.3 Å². The summed E-state index contributed by atoms with van der Waals surface area (Å²) in [6.07, 6.45) is 1.71. The van der Waals surface area contributed by atoms with Crippen molar-refractivity contribution in [1.29, 1.82) is 0 Å². The van der Waals surface area contributed by atoms with Crippen molar-refractivity contribution in [2.24, 2.45) is 5.92 Å². The molecule has 3 rings (SSSR count). The third kappa shape index (κ3) is 6.81. The number of hydrogen-bond donors (Lipinski definition) is 2. The monoisotopic (exact) mass is 547 g/mol. The number of amides is 2. The number of hydrogen-bond acceptors (Lipinski definition) is 6. The molecule has 0 saturated carbocycles. The zero-order valence-electron chi connectivity index (χ0n) is 20.1. The Bertz CT molecular complexity index is 1250. The average molecular weight is 548 g/mol. The zero-order chi connectivity index (χ0) is 26.2. The van der Waals surface area contributed by atoms with Crippen LogP contribution in [0.4, 0.5) is 5.69 Å². The predicted octanol–water partition coefficient (Wildman–Crippen LogP) is 5.64. The first kappa shape index (κ1) is 27.6. The summed E-state index contributed by atoms with van der Waals surface area (Å²) in [6.45, 7) is 8.16. The van der Waals surface area contributed by atoms with Gasteiger partial charge in [0.05, 0.1) is 35.2 Å². The van der Waals surface area contributed by atoms with E-state index in [1.807, 2.05) is 30.5 Å². The highest BCUT2D eigenvalue weighted by Crippen LogP contribution is 2.28. The van der Waals surface area contributed by atoms with Crippen LogP contribution in [0.3, 0.4) is 0 Å². The van der Waals surface area contributed by atoms with E-state index in [4.69, 9.17) is 27.9 Å². The number of para-hydroxylation sites is 2. The molecule has 0 saturated heterocycles. The van der Waals surface area contributed by atoms with Crippen molar-refractivity contribution in [1.82, 2.24) is 20.1 Å². The summed E-state index contributed by atoms with van der Waals surface area (Å²) in [6, 6.07) is 11.4. The lowest BCUT2D eigenvalue weighted by Gasteiger charge is -2.23. The molecule has 2 N–H and O–H groups in total. The number of rotatable bonds is 11. The molecule has 1 heterocycles. The van der Waals surface area contributed by atoms with Gasteiger partial charge in [-0.05, 0) is 36.2 Å². The van der Waals surface area contributed by atoms with Crippen LogP contribution in [0.1, 0.15) is 36.1 Å². The Hall–Kier alpha value is -3.01. The van der Waals surface area contributed by atoms with Crippen LogP contribution in [-0.4, -0.2) is 39.4 Å². The van der Waals surface area contributed by atoms with Gasteiger partial charge in [-0.1, -0.05) is 67.0 Å². The molecule has 1 atom stereocenters. The van der Waals surface area contributed by atoms with Gasteiger partial charge in [0, 0.05) is 11.6 Å². The van der Waals surface area contributed by atoms with Crippen LogP contribution in [0, 0.1) is 5.92 Å². The number of ether oxygens (including phenoxy) is 1. The lowest BCUT2D eigenvalue weighted by molar-refractivity contribution is -0.113. The van der Waals surface area contributed by atoms with E-state index >= 15 is 0 Å². The smallest absolute Gasteiger partial charge is 0.253 e. The fourth-order valence-electron chi connectivity index (χ4n) is 3.42. The lowest BCUT2D eigenvalue weighted by Crippen LogP contribution is -2.34. The zero-order valence-corrected chi connectivity index (χ0v) is 22.5. The molecule has 1 aromatic heterocycles. The van der Waals surface area contributed by atoms with Gasteiger partial charge in [0.15, 0.2) is 11.0 Å². The summed E-state index contributed by atoms with van der Waals surface area (Å²) < 4.78 is 7.12. The Morgan fingerprint density at radius 2 is 1.94 bits per heavy atom. The SMILES string of the molecule is C=CCn1c(SCC(=O)Nc2ccccc2OC)nnc1[C@H](NC(=O)c1ccc(Cl)cc1Cl)C(C)C. The summed E-state index contributed by atoms with van der Waals surface area (Å²) in [5, 5.41) is 15.7. The molecular formula is C25H27Cl2N5O3S. The number of nitrogens with zero attached hydrogens (tertiary/aromatic N) is 3. The van der Waals surface area contributed by atoms with Crippen LogP contribution in [-0.2, 0) is 11.3 Å². The number of carbonyl (C=O) groups is 2. The van der Waals surface area contributed by atoms with E-state index in [0.717, 1.165) is 0 Å². The first-order valence-corrected chi connectivity index (χ1v) is 12.8. The van der Waals surface area contributed by atoms with Crippen molar-refractivity contribution < 1.29 is 14.3 Å². The van der Waals surface area contributed by atoms with E-state index in [9.17, 15) is 9.59 Å². The van der Waals surface area contributed by atoms with Gasteiger partial charge >= 0.3 is 0 Å². The number of anilines is 1. The van der Waals surface area contributed by atoms with Gasteiger partial charge in [0.1, 0.15) is 5.75 Å². The fraction of sp³-hybridized carbons (Fsp3) is 0.280. The molecule has 2 amide bonds. The summed E-state index contributed by atoms with van der Waals surface area (Å²) in [7, 11) is 1.55. The van der Waals surface area contributed by atoms with E-state index in [0.29, 0.717) is 39.5 Å². The Balaban J connectivity index is 1.77. The fourth-order valence-corrected chi connectivity index (χ4v) is 4.67. The Morgan fingerprint density at radius 3 is 2.61 bits per heavy atom. The number of aromatic nitrogens is 3. The molecule has 190 valence electrons. The van der Waals surface area contributed by atoms with Gasteiger partial charge in [0.2, 0.25) is 5.91 Å². The van der Waals surface area contributed by atoms with E-state index in [-0.39, 0.29) is 28.5 Å². The molecule has 0 radical (unpaired) electrons. The standard InChI is InChI=1S/C25H27Cl2N5O3S/c1-5-12-32-23(22(15(2)3)29-24(34)17-11-10-16(26)13-18(17)27)30-31-25(32)36-14-21(33)28-19-8-6-7-9-20(19)35-4/h5-11,13,15,22H,1,12,14H2,2-4H3,(H,28,33)(H,29,34)/t22-/m1/s1. The van der Waals surface area contributed by atoms with Gasteiger partial charge in [-0.2, -0.15) is 0 Å². The normalized spacial score (nSPS) is 11.7. The summed E-state index contributed by atoms with van der Waals surface area (Å²) >= 11 is 13.4. The van der Waals surface area contributed by atoms with Crippen molar-refractivity contribution in [3.63, 3.8) is 0 Å². The molecule has 2 aromatic carbocycles. The van der Waals surface area contributed by atoms with E-state index in [1.54, 1.807) is 37.5 Å². The van der Waals surface area contributed by atoms with Crippen molar-refractivity contribution in [3.8, 4) is 5.75 Å². The minimum Gasteiger partial charge on any atom is -0.495 e. The van der Waals surface area contributed by atoms with Crippen molar-refractivity contribution in [3.05, 3.63) is 76.6 Å². The van der Waals surface area contributed by atoms with Gasteiger partial charge < -0.3 is 19.9 Å². The van der Waals surface area contributed by atoms with Crippen LogP contribution >= 0.6 is 35.0 Å². The second-order valence-electron chi connectivity index (χ2n) is 8.10. The molecule has 0 unspecified atom stereocenters. The topological polar surface area (TPSA) is 98.1 Å². The van der Waals surface area contributed by atoms with Gasteiger partial charge in [0.25, 0.3) is 5.91 Å². The van der Waals surface area contributed by atoms with Crippen LogP contribution < -0.4 is 15.4 Å². The van der Waals surface area contributed by atoms with E-state index in [2.05, 4.69) is 27.4 Å². The molecule has 36 heavy (non-hydrogen) atoms. The third-order valence-corrected chi connectivity index (χ3v) is 6.69. The van der Waals surface area contributed by atoms with Crippen molar-refractivity contribution in [2.75, 3.05) is 18.2 Å². The minimum absolute atomic E-state index is 0.0144. The second kappa shape index (κ2) is 12.8. The van der Waals surface area contributed by atoms with Gasteiger partial charge in [-0.25, -0.2) is 0 Å². The molecule has 3 aromatic rings.